The van der Waals surface area contributed by atoms with E-state index >= 15 is 0 Å². The monoisotopic (exact) mass is 375 g/mol. The molecule has 0 bridgehead atoms. The van der Waals surface area contributed by atoms with E-state index in [0.29, 0.717) is 6.54 Å². The lowest BCUT2D eigenvalue weighted by atomic mass is 9.97. The summed E-state index contributed by atoms with van der Waals surface area (Å²) in [6.07, 6.45) is -2.93. The maximum atomic E-state index is 13.4. The molecule has 3 rings (SSSR count). The van der Waals surface area contributed by atoms with Crippen LogP contribution in [0.5, 0.6) is 0 Å². The quantitative estimate of drug-likeness (QED) is 0.711. The van der Waals surface area contributed by atoms with Gasteiger partial charge < -0.3 is 4.90 Å². The molecule has 1 atom stereocenters. The number of hydrogen-bond donors (Lipinski definition) is 0. The van der Waals surface area contributed by atoms with Crippen LogP contribution in [0, 0.1) is 0 Å². The Morgan fingerprint density at radius 1 is 1.17 bits per heavy atom. The highest BCUT2D eigenvalue weighted by molar-refractivity contribution is 6.30. The van der Waals surface area contributed by atoms with Crippen LogP contribution in [0.1, 0.15) is 36.2 Å². The first kappa shape index (κ1) is 17.3. The molecular formula is C16H14Cl2F3N3. The predicted octanol–water partition coefficient (Wildman–Crippen LogP) is 5.32. The van der Waals surface area contributed by atoms with E-state index in [-0.39, 0.29) is 15.7 Å². The van der Waals surface area contributed by atoms with Gasteiger partial charge in [0.25, 0.3) is 0 Å². The van der Waals surface area contributed by atoms with Gasteiger partial charge >= 0.3 is 6.18 Å². The molecule has 24 heavy (non-hydrogen) atoms. The van der Waals surface area contributed by atoms with Crippen molar-refractivity contribution in [1.29, 1.82) is 0 Å². The summed E-state index contributed by atoms with van der Waals surface area (Å²) in [7, 11) is 0. The van der Waals surface area contributed by atoms with Crippen molar-refractivity contribution in [2.45, 2.75) is 32.0 Å². The molecule has 0 aliphatic carbocycles. The molecule has 0 fully saturated rings. The van der Waals surface area contributed by atoms with Gasteiger partial charge in [-0.2, -0.15) is 18.3 Å². The molecule has 2 aromatic rings. The van der Waals surface area contributed by atoms with Gasteiger partial charge in [0, 0.05) is 17.6 Å². The summed E-state index contributed by atoms with van der Waals surface area (Å²) < 4.78 is 40.1. The van der Waals surface area contributed by atoms with Crippen LogP contribution in [0.15, 0.2) is 24.3 Å². The van der Waals surface area contributed by atoms with Gasteiger partial charge in [-0.1, -0.05) is 23.2 Å². The first-order valence-corrected chi connectivity index (χ1v) is 8.18. The fourth-order valence-electron chi connectivity index (χ4n) is 3.06. The van der Waals surface area contributed by atoms with Gasteiger partial charge in [-0.05, 0) is 43.5 Å². The molecular weight excluding hydrogens is 362 g/mol. The minimum Gasteiger partial charge on any atom is -0.363 e. The second-order valence-electron chi connectivity index (χ2n) is 5.70. The van der Waals surface area contributed by atoms with Crippen molar-refractivity contribution in [3.63, 3.8) is 0 Å². The third-order valence-corrected chi connectivity index (χ3v) is 4.60. The number of nitrogens with zero attached hydrogens (tertiary/aromatic N) is 3. The Kier molecular flexibility index (Phi) is 4.62. The minimum atomic E-state index is -4.44. The summed E-state index contributed by atoms with van der Waals surface area (Å²) in [5.74, 6) is 0. The third kappa shape index (κ3) is 3.30. The average Bonchev–Trinajstić information content (AvgIpc) is 2.52. The highest BCUT2D eigenvalue weighted by atomic mass is 35.5. The number of anilines is 1. The molecule has 0 saturated heterocycles. The number of hydrogen-bond acceptors (Lipinski definition) is 3. The zero-order valence-electron chi connectivity index (χ0n) is 12.7. The van der Waals surface area contributed by atoms with E-state index in [4.69, 9.17) is 23.2 Å². The van der Waals surface area contributed by atoms with Crippen LogP contribution in [0.4, 0.5) is 18.9 Å². The van der Waals surface area contributed by atoms with Gasteiger partial charge in [0.2, 0.25) is 0 Å². The summed E-state index contributed by atoms with van der Waals surface area (Å²) >= 11 is 11.9. The predicted molar refractivity (Wildman–Crippen MR) is 87.6 cm³/mol. The number of halogens is 5. The summed E-state index contributed by atoms with van der Waals surface area (Å²) in [5.41, 5.74) is 0.922. The van der Waals surface area contributed by atoms with Gasteiger partial charge in [0.15, 0.2) is 5.15 Å². The highest BCUT2D eigenvalue weighted by Gasteiger charge is 2.36. The molecule has 2 heterocycles. The lowest BCUT2D eigenvalue weighted by molar-refractivity contribution is -0.138. The van der Waals surface area contributed by atoms with E-state index in [1.165, 1.54) is 12.1 Å². The van der Waals surface area contributed by atoms with Crippen molar-refractivity contribution in [2.75, 3.05) is 11.4 Å². The number of fused-ring (bicyclic) bond motifs is 1. The second-order valence-corrected chi connectivity index (χ2v) is 6.52. The average molecular weight is 376 g/mol. The van der Waals surface area contributed by atoms with Crippen LogP contribution in [0.25, 0.3) is 0 Å². The second kappa shape index (κ2) is 6.41. The van der Waals surface area contributed by atoms with Crippen LogP contribution < -0.4 is 4.90 Å². The highest BCUT2D eigenvalue weighted by Crippen LogP contribution is 2.40. The largest absolute Gasteiger partial charge is 0.416 e. The minimum absolute atomic E-state index is 0.135. The maximum Gasteiger partial charge on any atom is 0.416 e. The van der Waals surface area contributed by atoms with Crippen LogP contribution in [-0.4, -0.2) is 16.7 Å². The van der Waals surface area contributed by atoms with E-state index < -0.39 is 17.8 Å². The molecule has 128 valence electrons. The SMILES string of the molecule is C[C@H](c1cc(Cl)ccc1C(F)(F)F)N1CCCc2nnc(Cl)cc21. The maximum absolute atomic E-state index is 13.4. The fourth-order valence-corrected chi connectivity index (χ4v) is 3.38. The van der Waals surface area contributed by atoms with Crippen LogP contribution >= 0.6 is 23.2 Å². The van der Waals surface area contributed by atoms with Gasteiger partial charge in [-0.15, -0.1) is 5.10 Å². The van der Waals surface area contributed by atoms with E-state index in [1.54, 1.807) is 13.0 Å². The Bertz CT molecular complexity index is 765. The standard InChI is InChI=1S/C16H14Cl2F3N3/c1-9(11-7-10(17)4-5-12(11)16(19,20)21)24-6-2-3-13-14(24)8-15(18)23-22-13/h4-5,7-9H,2-3,6H2,1H3/t9-/m1/s1. The van der Waals surface area contributed by atoms with Crippen LogP contribution in [0.2, 0.25) is 10.2 Å². The molecule has 1 aliphatic rings. The molecule has 0 saturated carbocycles. The van der Waals surface area contributed by atoms with Gasteiger partial charge in [0.1, 0.15) is 0 Å². The molecule has 0 radical (unpaired) electrons. The molecule has 0 unspecified atom stereocenters. The fraction of sp³-hybridized carbons (Fsp3) is 0.375. The number of benzene rings is 1. The Morgan fingerprint density at radius 2 is 1.92 bits per heavy atom. The number of aromatic nitrogens is 2. The van der Waals surface area contributed by atoms with Crippen molar-refractivity contribution in [1.82, 2.24) is 10.2 Å². The molecule has 3 nitrogen and oxygen atoms in total. The molecule has 1 aromatic carbocycles. The van der Waals surface area contributed by atoms with E-state index in [1.807, 2.05) is 4.90 Å². The molecule has 1 aromatic heterocycles. The Balaban J connectivity index is 2.07. The topological polar surface area (TPSA) is 29.0 Å². The molecule has 0 N–H and O–H groups in total. The van der Waals surface area contributed by atoms with Crippen molar-refractivity contribution in [2.24, 2.45) is 0 Å². The molecule has 8 heteroatoms. The molecule has 0 amide bonds. The molecule has 1 aliphatic heterocycles. The van der Waals surface area contributed by atoms with Crippen LogP contribution in [0.3, 0.4) is 0 Å². The summed E-state index contributed by atoms with van der Waals surface area (Å²) in [5, 5.41) is 8.37. The van der Waals surface area contributed by atoms with E-state index in [0.717, 1.165) is 30.3 Å². The van der Waals surface area contributed by atoms with Crippen molar-refractivity contribution >= 4 is 28.9 Å². The van der Waals surface area contributed by atoms with Crippen molar-refractivity contribution in [3.05, 3.63) is 51.3 Å². The Labute approximate surface area is 147 Å². The Hall–Kier alpha value is -1.53. The normalized spacial score (nSPS) is 16.0. The zero-order chi connectivity index (χ0) is 17.5. The van der Waals surface area contributed by atoms with E-state index in [9.17, 15) is 13.2 Å². The van der Waals surface area contributed by atoms with Crippen molar-refractivity contribution in [3.8, 4) is 0 Å². The zero-order valence-corrected chi connectivity index (χ0v) is 14.3. The summed E-state index contributed by atoms with van der Waals surface area (Å²) in [6.45, 7) is 2.34. The van der Waals surface area contributed by atoms with Gasteiger partial charge in [-0.3, -0.25) is 0 Å². The first-order chi connectivity index (χ1) is 11.3. The summed E-state index contributed by atoms with van der Waals surface area (Å²) in [4.78, 5) is 1.88. The number of aryl methyl sites for hydroxylation is 1. The Morgan fingerprint density at radius 3 is 2.62 bits per heavy atom. The lowest BCUT2D eigenvalue weighted by Crippen LogP contribution is -2.33. The molecule has 0 spiro atoms. The van der Waals surface area contributed by atoms with E-state index in [2.05, 4.69) is 10.2 Å². The lowest BCUT2D eigenvalue weighted by Gasteiger charge is -2.36. The third-order valence-electron chi connectivity index (χ3n) is 4.18. The number of rotatable bonds is 2. The van der Waals surface area contributed by atoms with Gasteiger partial charge in [0.05, 0.1) is 23.0 Å². The smallest absolute Gasteiger partial charge is 0.363 e. The summed E-state index contributed by atoms with van der Waals surface area (Å²) in [6, 6.07) is 4.78. The van der Waals surface area contributed by atoms with Crippen LogP contribution in [-0.2, 0) is 12.6 Å². The number of alkyl halides is 3. The first-order valence-electron chi connectivity index (χ1n) is 7.43. The van der Waals surface area contributed by atoms with Crippen molar-refractivity contribution < 1.29 is 13.2 Å². The van der Waals surface area contributed by atoms with Gasteiger partial charge in [-0.25, -0.2) is 0 Å².